The van der Waals surface area contributed by atoms with Gasteiger partial charge in [0.2, 0.25) is 11.7 Å². The van der Waals surface area contributed by atoms with E-state index in [1.165, 1.54) is 11.8 Å². The fraction of sp³-hybridized carbons (Fsp3) is 0.154. The number of aromatic nitrogens is 4. The van der Waals surface area contributed by atoms with Crippen molar-refractivity contribution in [1.82, 2.24) is 19.7 Å². The number of halogens is 1. The molecule has 2 heterocycles. The van der Waals surface area contributed by atoms with E-state index in [0.717, 1.165) is 5.56 Å². The first-order valence-electron chi connectivity index (χ1n) is 11.0. The minimum Gasteiger partial charge on any atom is -0.497 e. The first kappa shape index (κ1) is 23.9. The van der Waals surface area contributed by atoms with Crippen LogP contribution in [0, 0.1) is 0 Å². The molecule has 0 saturated heterocycles. The average Bonchev–Trinajstić information content (AvgIpc) is 3.39. The summed E-state index contributed by atoms with van der Waals surface area (Å²) in [6.07, 6.45) is 0. The van der Waals surface area contributed by atoms with Gasteiger partial charge in [0.1, 0.15) is 11.5 Å². The number of nitrogens with zero attached hydrogens (tertiary/aromatic N) is 4. The maximum absolute atomic E-state index is 13.4. The van der Waals surface area contributed by atoms with Crippen molar-refractivity contribution in [2.45, 2.75) is 17.5 Å². The topological polar surface area (TPSA) is 92.3 Å². The lowest BCUT2D eigenvalue weighted by Gasteiger charge is -2.13. The van der Waals surface area contributed by atoms with E-state index < -0.39 is 0 Å². The minimum atomic E-state index is -0.118. The summed E-state index contributed by atoms with van der Waals surface area (Å²) in [6, 6.07) is 20.1. The maximum Gasteiger partial charge on any atom is 0.262 e. The van der Waals surface area contributed by atoms with Crippen LogP contribution in [0.25, 0.3) is 22.3 Å². The Hall–Kier alpha value is -3.82. The number of hydrogen-bond acceptors (Lipinski definition) is 8. The standard InChI is InChI=1S/C26H21ClN4O4S/c1-33-18-11-12-20(22(13-18)34-2)24-29-23(35-30-24)15-36-26-28-21-6-4-3-5-19(21)25(32)31(26)14-16-7-9-17(27)10-8-16/h3-13H,14-15H2,1-2H3. The van der Waals surface area contributed by atoms with Crippen LogP contribution in [0.5, 0.6) is 11.5 Å². The molecule has 182 valence electrons. The van der Waals surface area contributed by atoms with E-state index in [1.54, 1.807) is 49.1 Å². The number of thioether (sulfide) groups is 1. The van der Waals surface area contributed by atoms with Gasteiger partial charge in [-0.15, -0.1) is 0 Å². The van der Waals surface area contributed by atoms with Gasteiger partial charge in [-0.25, -0.2) is 4.98 Å². The number of fused-ring (bicyclic) bond motifs is 1. The van der Waals surface area contributed by atoms with Crippen LogP contribution in [0.3, 0.4) is 0 Å². The van der Waals surface area contributed by atoms with Crippen LogP contribution < -0.4 is 15.0 Å². The van der Waals surface area contributed by atoms with Crippen LogP contribution in [0.2, 0.25) is 5.02 Å². The van der Waals surface area contributed by atoms with Crippen LogP contribution in [0.15, 0.2) is 81.2 Å². The molecule has 0 aliphatic carbocycles. The Bertz CT molecular complexity index is 1580. The molecule has 5 aromatic rings. The maximum atomic E-state index is 13.4. The highest BCUT2D eigenvalue weighted by Crippen LogP contribution is 2.32. The highest BCUT2D eigenvalue weighted by molar-refractivity contribution is 7.98. The summed E-state index contributed by atoms with van der Waals surface area (Å²) < 4.78 is 17.8. The van der Waals surface area contributed by atoms with Gasteiger partial charge in [0.15, 0.2) is 5.16 Å². The van der Waals surface area contributed by atoms with Crippen molar-refractivity contribution in [3.05, 3.63) is 93.6 Å². The molecular weight excluding hydrogens is 500 g/mol. The Morgan fingerprint density at radius 1 is 1.00 bits per heavy atom. The van der Waals surface area contributed by atoms with Crippen molar-refractivity contribution < 1.29 is 14.0 Å². The zero-order chi connectivity index (χ0) is 25.1. The molecule has 10 heteroatoms. The monoisotopic (exact) mass is 520 g/mol. The number of para-hydroxylation sites is 1. The molecule has 0 fully saturated rings. The van der Waals surface area contributed by atoms with Gasteiger partial charge in [0, 0.05) is 11.1 Å². The average molecular weight is 521 g/mol. The largest absolute Gasteiger partial charge is 0.497 e. The SMILES string of the molecule is COc1ccc(-c2noc(CSc3nc4ccccc4c(=O)n3Cc3ccc(Cl)cc3)n2)c(OC)c1. The number of hydrogen-bond donors (Lipinski definition) is 0. The Labute approximate surface area is 215 Å². The summed E-state index contributed by atoms with van der Waals surface area (Å²) in [5.41, 5.74) is 2.13. The van der Waals surface area contributed by atoms with Crippen LogP contribution in [0.1, 0.15) is 11.5 Å². The minimum absolute atomic E-state index is 0.118. The predicted octanol–water partition coefficient (Wildman–Crippen LogP) is 5.46. The van der Waals surface area contributed by atoms with Gasteiger partial charge in [0.05, 0.1) is 43.0 Å². The molecule has 0 aliphatic rings. The van der Waals surface area contributed by atoms with E-state index in [9.17, 15) is 4.79 Å². The van der Waals surface area contributed by atoms with Crippen molar-refractivity contribution in [3.8, 4) is 22.9 Å². The second-order valence-electron chi connectivity index (χ2n) is 7.80. The smallest absolute Gasteiger partial charge is 0.262 e. The second-order valence-corrected chi connectivity index (χ2v) is 9.17. The first-order chi connectivity index (χ1) is 17.6. The predicted molar refractivity (Wildman–Crippen MR) is 139 cm³/mol. The number of benzene rings is 3. The quantitative estimate of drug-likeness (QED) is 0.197. The highest BCUT2D eigenvalue weighted by atomic mass is 35.5. The second kappa shape index (κ2) is 10.4. The number of rotatable bonds is 8. The lowest BCUT2D eigenvalue weighted by atomic mass is 10.2. The summed E-state index contributed by atoms with van der Waals surface area (Å²) in [5.74, 6) is 2.36. The van der Waals surface area contributed by atoms with Gasteiger partial charge < -0.3 is 14.0 Å². The van der Waals surface area contributed by atoms with Gasteiger partial charge in [0.25, 0.3) is 5.56 Å². The van der Waals surface area contributed by atoms with Gasteiger partial charge in [-0.1, -0.05) is 52.8 Å². The molecule has 2 aromatic heterocycles. The fourth-order valence-corrected chi connectivity index (χ4v) is 4.66. The molecule has 0 aliphatic heterocycles. The molecule has 0 radical (unpaired) electrons. The lowest BCUT2D eigenvalue weighted by molar-refractivity contribution is 0.388. The molecule has 0 saturated carbocycles. The Kier molecular flexibility index (Phi) is 6.92. The van der Waals surface area contributed by atoms with Gasteiger partial charge in [-0.3, -0.25) is 9.36 Å². The Morgan fingerprint density at radius 2 is 1.81 bits per heavy atom. The van der Waals surface area contributed by atoms with Crippen molar-refractivity contribution in [2.24, 2.45) is 0 Å². The molecular formula is C26H21ClN4O4S. The molecule has 0 N–H and O–H groups in total. The fourth-order valence-electron chi connectivity index (χ4n) is 3.70. The van der Waals surface area contributed by atoms with Crippen molar-refractivity contribution >= 4 is 34.3 Å². The molecule has 36 heavy (non-hydrogen) atoms. The molecule has 0 spiro atoms. The number of methoxy groups -OCH3 is 2. The third-order valence-electron chi connectivity index (χ3n) is 5.52. The summed E-state index contributed by atoms with van der Waals surface area (Å²) in [6.45, 7) is 0.355. The zero-order valence-corrected chi connectivity index (χ0v) is 21.0. The normalized spacial score (nSPS) is 11.1. The van der Waals surface area contributed by atoms with E-state index >= 15 is 0 Å². The lowest BCUT2D eigenvalue weighted by Crippen LogP contribution is -2.24. The molecule has 0 unspecified atom stereocenters. The molecule has 0 amide bonds. The summed E-state index contributed by atoms with van der Waals surface area (Å²) in [4.78, 5) is 22.6. The van der Waals surface area contributed by atoms with Crippen LogP contribution >= 0.6 is 23.4 Å². The van der Waals surface area contributed by atoms with E-state index in [4.69, 9.17) is 30.6 Å². The van der Waals surface area contributed by atoms with E-state index in [0.29, 0.717) is 62.2 Å². The van der Waals surface area contributed by atoms with Crippen molar-refractivity contribution in [2.75, 3.05) is 14.2 Å². The highest BCUT2D eigenvalue weighted by Gasteiger charge is 2.17. The third-order valence-corrected chi connectivity index (χ3v) is 6.74. The van der Waals surface area contributed by atoms with Crippen LogP contribution in [-0.2, 0) is 12.3 Å². The van der Waals surface area contributed by atoms with E-state index in [1.807, 2.05) is 36.4 Å². The van der Waals surface area contributed by atoms with Gasteiger partial charge in [-0.2, -0.15) is 4.98 Å². The van der Waals surface area contributed by atoms with Crippen molar-refractivity contribution in [1.29, 1.82) is 0 Å². The Balaban J connectivity index is 1.44. The summed E-state index contributed by atoms with van der Waals surface area (Å²) >= 11 is 7.39. The molecule has 0 bridgehead atoms. The van der Waals surface area contributed by atoms with Gasteiger partial charge in [-0.05, 0) is 42.0 Å². The summed E-state index contributed by atoms with van der Waals surface area (Å²) in [5, 5.41) is 5.85. The van der Waals surface area contributed by atoms with Crippen molar-refractivity contribution in [3.63, 3.8) is 0 Å². The van der Waals surface area contributed by atoms with E-state index in [2.05, 4.69) is 10.1 Å². The molecule has 3 aromatic carbocycles. The third kappa shape index (κ3) is 4.93. The van der Waals surface area contributed by atoms with Crippen LogP contribution in [-0.4, -0.2) is 33.9 Å². The first-order valence-corrected chi connectivity index (χ1v) is 12.3. The molecule has 0 atom stereocenters. The summed E-state index contributed by atoms with van der Waals surface area (Å²) in [7, 11) is 3.16. The zero-order valence-electron chi connectivity index (χ0n) is 19.5. The Morgan fingerprint density at radius 3 is 2.58 bits per heavy atom. The molecule has 5 rings (SSSR count). The number of ether oxygens (including phenoxy) is 2. The van der Waals surface area contributed by atoms with E-state index in [-0.39, 0.29) is 5.56 Å². The van der Waals surface area contributed by atoms with Gasteiger partial charge >= 0.3 is 0 Å². The van der Waals surface area contributed by atoms with Crippen LogP contribution in [0.4, 0.5) is 0 Å². The molecule has 8 nitrogen and oxygen atoms in total.